The monoisotopic (exact) mass is 371 g/mol. The van der Waals surface area contributed by atoms with Crippen molar-refractivity contribution < 1.29 is 5.11 Å². The van der Waals surface area contributed by atoms with Gasteiger partial charge in [-0.1, -0.05) is 28.1 Å². The molecule has 5 heteroatoms. The number of hydrogen-bond donors (Lipinski definition) is 1. The molecule has 0 aliphatic rings. The highest BCUT2D eigenvalue weighted by Gasteiger charge is 2.10. The van der Waals surface area contributed by atoms with Crippen molar-refractivity contribution in [3.8, 4) is 5.75 Å². The van der Waals surface area contributed by atoms with Gasteiger partial charge in [-0.3, -0.25) is 9.67 Å². The number of hydrogen-bond acceptors (Lipinski definition) is 3. The maximum absolute atomic E-state index is 10.2. The molecule has 0 spiro atoms. The molecule has 0 saturated carbocycles. The molecule has 0 fully saturated rings. The molecule has 118 valence electrons. The number of phenolic OH excluding ortho intramolecular Hbond substituents is 1. The molecule has 0 amide bonds. The number of rotatable bonds is 3. The highest BCUT2D eigenvalue weighted by Crippen LogP contribution is 2.29. The van der Waals surface area contributed by atoms with Crippen molar-refractivity contribution in [3.05, 3.63) is 51.8 Å². The van der Waals surface area contributed by atoms with Crippen LogP contribution in [-0.2, 0) is 6.54 Å². The van der Waals surface area contributed by atoms with E-state index in [1.807, 2.05) is 42.8 Å². The molecule has 0 aliphatic heterocycles. The smallest absolute Gasteiger partial charge is 0.124 e. The summed E-state index contributed by atoms with van der Waals surface area (Å²) in [5.74, 6) is 0.224. The van der Waals surface area contributed by atoms with Crippen LogP contribution in [0.25, 0.3) is 10.8 Å². The molecule has 0 unspecified atom stereocenters. The van der Waals surface area contributed by atoms with E-state index in [1.165, 1.54) is 0 Å². The third-order valence-corrected chi connectivity index (χ3v) is 4.46. The SMILES string of the molecule is CCn1nc(C)c(N=Cc2c(O)ccc3cc(Br)ccc23)c1C. The van der Waals surface area contributed by atoms with E-state index in [0.29, 0.717) is 0 Å². The van der Waals surface area contributed by atoms with Gasteiger partial charge < -0.3 is 5.11 Å². The second-order valence-electron chi connectivity index (χ2n) is 5.46. The highest BCUT2D eigenvalue weighted by atomic mass is 79.9. The van der Waals surface area contributed by atoms with Crippen LogP contribution in [0.5, 0.6) is 5.75 Å². The van der Waals surface area contributed by atoms with Gasteiger partial charge in [0.15, 0.2) is 0 Å². The zero-order chi connectivity index (χ0) is 16.6. The Hall–Kier alpha value is -2.14. The predicted molar refractivity (Wildman–Crippen MR) is 97.9 cm³/mol. The van der Waals surface area contributed by atoms with Crippen LogP contribution in [0.3, 0.4) is 0 Å². The Morgan fingerprint density at radius 3 is 2.74 bits per heavy atom. The topological polar surface area (TPSA) is 50.4 Å². The van der Waals surface area contributed by atoms with Gasteiger partial charge >= 0.3 is 0 Å². The van der Waals surface area contributed by atoms with Crippen molar-refractivity contribution in [2.75, 3.05) is 0 Å². The van der Waals surface area contributed by atoms with Crippen molar-refractivity contribution >= 4 is 38.6 Å². The molecule has 1 heterocycles. The fourth-order valence-corrected chi connectivity index (χ4v) is 3.14. The second-order valence-corrected chi connectivity index (χ2v) is 6.37. The van der Waals surface area contributed by atoms with Crippen molar-refractivity contribution in [1.82, 2.24) is 9.78 Å². The first-order valence-corrected chi connectivity index (χ1v) is 8.30. The minimum Gasteiger partial charge on any atom is -0.507 e. The maximum atomic E-state index is 10.2. The zero-order valence-corrected chi connectivity index (χ0v) is 14.9. The van der Waals surface area contributed by atoms with Crippen molar-refractivity contribution in [2.24, 2.45) is 4.99 Å². The Morgan fingerprint density at radius 2 is 2.04 bits per heavy atom. The first-order chi connectivity index (χ1) is 11.0. The van der Waals surface area contributed by atoms with E-state index in [0.717, 1.165) is 44.4 Å². The van der Waals surface area contributed by atoms with Crippen LogP contribution in [0.4, 0.5) is 5.69 Å². The van der Waals surface area contributed by atoms with E-state index in [9.17, 15) is 5.11 Å². The summed E-state index contributed by atoms with van der Waals surface area (Å²) >= 11 is 3.47. The first kappa shape index (κ1) is 15.7. The number of aryl methyl sites for hydroxylation is 2. The van der Waals surface area contributed by atoms with Crippen molar-refractivity contribution in [2.45, 2.75) is 27.3 Å². The molecule has 0 aliphatic carbocycles. The summed E-state index contributed by atoms with van der Waals surface area (Å²) in [4.78, 5) is 4.60. The fraction of sp³-hybridized carbons (Fsp3) is 0.222. The second kappa shape index (κ2) is 6.16. The third-order valence-electron chi connectivity index (χ3n) is 3.97. The number of aliphatic imine (C=N–C) groups is 1. The van der Waals surface area contributed by atoms with E-state index in [2.05, 4.69) is 32.9 Å². The number of halogens is 1. The molecule has 2 aromatic carbocycles. The lowest BCUT2D eigenvalue weighted by atomic mass is 10.0. The van der Waals surface area contributed by atoms with Gasteiger partial charge in [-0.25, -0.2) is 0 Å². The van der Waals surface area contributed by atoms with E-state index in [1.54, 1.807) is 12.3 Å². The van der Waals surface area contributed by atoms with Crippen molar-refractivity contribution in [1.29, 1.82) is 0 Å². The van der Waals surface area contributed by atoms with E-state index >= 15 is 0 Å². The quantitative estimate of drug-likeness (QED) is 0.666. The molecule has 1 N–H and O–H groups in total. The lowest BCUT2D eigenvalue weighted by Crippen LogP contribution is -1.98. The van der Waals surface area contributed by atoms with Crippen LogP contribution in [0.1, 0.15) is 23.9 Å². The molecule has 3 aromatic rings. The maximum Gasteiger partial charge on any atom is 0.124 e. The number of nitrogens with zero attached hydrogens (tertiary/aromatic N) is 3. The molecular weight excluding hydrogens is 354 g/mol. The van der Waals surface area contributed by atoms with Crippen LogP contribution >= 0.6 is 15.9 Å². The Labute approximate surface area is 143 Å². The fourth-order valence-electron chi connectivity index (χ4n) is 2.76. The summed E-state index contributed by atoms with van der Waals surface area (Å²) in [7, 11) is 0. The molecule has 0 atom stereocenters. The van der Waals surface area contributed by atoms with E-state index < -0.39 is 0 Å². The summed E-state index contributed by atoms with van der Waals surface area (Å²) in [6.45, 7) is 6.83. The lowest BCUT2D eigenvalue weighted by molar-refractivity contribution is 0.475. The Kier molecular flexibility index (Phi) is 4.22. The summed E-state index contributed by atoms with van der Waals surface area (Å²) in [5, 5.41) is 16.7. The molecule has 0 bridgehead atoms. The van der Waals surface area contributed by atoms with E-state index in [-0.39, 0.29) is 5.75 Å². The van der Waals surface area contributed by atoms with Gasteiger partial charge in [-0.15, -0.1) is 0 Å². The molecule has 0 saturated heterocycles. The number of aromatic nitrogens is 2. The zero-order valence-electron chi connectivity index (χ0n) is 13.3. The van der Waals surface area contributed by atoms with E-state index in [4.69, 9.17) is 0 Å². The van der Waals surface area contributed by atoms with Gasteiger partial charge in [0.05, 0.1) is 11.4 Å². The number of phenols is 1. The predicted octanol–water partition coefficient (Wildman–Crippen LogP) is 4.89. The van der Waals surface area contributed by atoms with Gasteiger partial charge in [0.25, 0.3) is 0 Å². The molecule has 3 rings (SSSR count). The summed E-state index contributed by atoms with van der Waals surface area (Å²) in [6, 6.07) is 9.57. The minimum atomic E-state index is 0.224. The van der Waals surface area contributed by atoms with Gasteiger partial charge in [0.1, 0.15) is 11.4 Å². The first-order valence-electron chi connectivity index (χ1n) is 7.50. The Balaban J connectivity index is 2.11. The van der Waals surface area contributed by atoms with Crippen molar-refractivity contribution in [3.63, 3.8) is 0 Å². The number of benzene rings is 2. The standard InChI is InChI=1S/C18H18BrN3O/c1-4-22-12(3)18(11(2)21-22)20-10-16-15-7-6-14(19)9-13(15)5-8-17(16)23/h5-10,23H,4H2,1-3H3. The molecular formula is C18H18BrN3O. The Bertz CT molecular complexity index is 912. The van der Waals surface area contributed by atoms with Crippen LogP contribution in [0, 0.1) is 13.8 Å². The molecule has 0 radical (unpaired) electrons. The number of fused-ring (bicyclic) bond motifs is 1. The van der Waals surface area contributed by atoms with Gasteiger partial charge in [-0.2, -0.15) is 5.10 Å². The van der Waals surface area contributed by atoms with Crippen LogP contribution < -0.4 is 0 Å². The minimum absolute atomic E-state index is 0.224. The van der Waals surface area contributed by atoms with Crippen LogP contribution in [0.2, 0.25) is 0 Å². The van der Waals surface area contributed by atoms with Crippen LogP contribution in [-0.4, -0.2) is 21.1 Å². The largest absolute Gasteiger partial charge is 0.507 e. The molecule has 23 heavy (non-hydrogen) atoms. The number of aromatic hydroxyl groups is 1. The van der Waals surface area contributed by atoms with Gasteiger partial charge in [-0.05, 0) is 49.7 Å². The van der Waals surface area contributed by atoms with Gasteiger partial charge in [0, 0.05) is 22.8 Å². The molecule has 1 aromatic heterocycles. The van der Waals surface area contributed by atoms with Crippen LogP contribution in [0.15, 0.2) is 39.8 Å². The third kappa shape index (κ3) is 2.88. The lowest BCUT2D eigenvalue weighted by Gasteiger charge is -2.05. The average molecular weight is 372 g/mol. The average Bonchev–Trinajstić information content (AvgIpc) is 2.81. The normalized spacial score (nSPS) is 11.7. The summed E-state index contributed by atoms with van der Waals surface area (Å²) in [6.07, 6.45) is 1.72. The molecule has 4 nitrogen and oxygen atoms in total. The summed E-state index contributed by atoms with van der Waals surface area (Å²) < 4.78 is 2.94. The highest BCUT2D eigenvalue weighted by molar-refractivity contribution is 9.10. The summed E-state index contributed by atoms with van der Waals surface area (Å²) in [5.41, 5.74) is 3.50. The Morgan fingerprint density at radius 1 is 1.26 bits per heavy atom. The van der Waals surface area contributed by atoms with Gasteiger partial charge in [0.2, 0.25) is 0 Å².